The van der Waals surface area contributed by atoms with E-state index in [2.05, 4.69) is 10.3 Å². The van der Waals surface area contributed by atoms with Gasteiger partial charge in [-0.25, -0.2) is 4.98 Å². The summed E-state index contributed by atoms with van der Waals surface area (Å²) >= 11 is 0. The van der Waals surface area contributed by atoms with Gasteiger partial charge in [-0.05, 0) is 19.9 Å². The zero-order valence-corrected chi connectivity index (χ0v) is 8.56. The molecule has 1 aromatic rings. The summed E-state index contributed by atoms with van der Waals surface area (Å²) in [5.74, 6) is -0.765. The summed E-state index contributed by atoms with van der Waals surface area (Å²) in [4.78, 5) is 15.2. The molecule has 1 fully saturated rings. The zero-order chi connectivity index (χ0) is 10.8. The van der Waals surface area contributed by atoms with Gasteiger partial charge in [-0.3, -0.25) is 4.79 Å². The number of nitrogens with zero attached hydrogens (tertiary/aromatic N) is 1. The van der Waals surface area contributed by atoms with Gasteiger partial charge in [0.05, 0.1) is 17.5 Å². The van der Waals surface area contributed by atoms with E-state index in [9.17, 15) is 4.79 Å². The van der Waals surface area contributed by atoms with Crippen molar-refractivity contribution in [2.45, 2.75) is 19.3 Å². The van der Waals surface area contributed by atoms with Crippen molar-refractivity contribution < 1.29 is 14.3 Å². The van der Waals surface area contributed by atoms with Crippen LogP contribution in [0.2, 0.25) is 0 Å². The van der Waals surface area contributed by atoms with E-state index in [-0.39, 0.29) is 5.92 Å². The maximum absolute atomic E-state index is 11.0. The summed E-state index contributed by atoms with van der Waals surface area (Å²) in [7, 11) is 0. The summed E-state index contributed by atoms with van der Waals surface area (Å²) in [6.45, 7) is 3.14. The lowest BCUT2D eigenvalue weighted by Gasteiger charge is -2.26. The summed E-state index contributed by atoms with van der Waals surface area (Å²) in [5, 5.41) is 12.1. The van der Waals surface area contributed by atoms with Crippen molar-refractivity contribution in [1.82, 2.24) is 10.3 Å². The average Bonchev–Trinajstić information content (AvgIpc) is 2.65. The van der Waals surface area contributed by atoms with Crippen molar-refractivity contribution in [1.29, 1.82) is 0 Å². The number of rotatable bonds is 2. The van der Waals surface area contributed by atoms with Crippen molar-refractivity contribution in [2.24, 2.45) is 5.92 Å². The van der Waals surface area contributed by atoms with Crippen LogP contribution in [0.3, 0.4) is 0 Å². The molecule has 0 amide bonds. The minimum absolute atomic E-state index is 0.0996. The maximum atomic E-state index is 11.0. The van der Waals surface area contributed by atoms with Crippen LogP contribution in [0, 0.1) is 12.8 Å². The average molecular weight is 210 g/mol. The molecule has 0 bridgehead atoms. The van der Waals surface area contributed by atoms with Crippen LogP contribution in [0.15, 0.2) is 10.7 Å². The van der Waals surface area contributed by atoms with Crippen LogP contribution in [0.4, 0.5) is 0 Å². The lowest BCUT2D eigenvalue weighted by atomic mass is 9.86. The molecule has 1 aliphatic heterocycles. The van der Waals surface area contributed by atoms with Crippen LogP contribution < -0.4 is 5.32 Å². The number of aromatic nitrogens is 1. The predicted molar refractivity (Wildman–Crippen MR) is 52.6 cm³/mol. The molecule has 2 N–H and O–H groups in total. The Morgan fingerprint density at radius 3 is 3.13 bits per heavy atom. The second kappa shape index (κ2) is 4.02. The van der Waals surface area contributed by atoms with Gasteiger partial charge >= 0.3 is 5.97 Å². The van der Waals surface area contributed by atoms with Crippen LogP contribution in [-0.2, 0) is 4.79 Å². The lowest BCUT2D eigenvalue weighted by molar-refractivity contribution is -0.143. The van der Waals surface area contributed by atoms with E-state index in [1.54, 1.807) is 6.26 Å². The Kier molecular flexibility index (Phi) is 2.73. The van der Waals surface area contributed by atoms with Gasteiger partial charge in [0.2, 0.25) is 0 Å². The second-order valence-electron chi connectivity index (χ2n) is 3.87. The van der Waals surface area contributed by atoms with E-state index in [0.717, 1.165) is 18.7 Å². The topological polar surface area (TPSA) is 75.4 Å². The van der Waals surface area contributed by atoms with Crippen molar-refractivity contribution in [2.75, 3.05) is 13.1 Å². The van der Waals surface area contributed by atoms with Gasteiger partial charge < -0.3 is 14.8 Å². The maximum Gasteiger partial charge on any atom is 0.308 e. The number of hydrogen-bond acceptors (Lipinski definition) is 4. The Balaban J connectivity index is 2.21. The molecule has 2 heterocycles. The summed E-state index contributed by atoms with van der Waals surface area (Å²) in [6, 6.07) is 0. The van der Waals surface area contributed by atoms with E-state index >= 15 is 0 Å². The Morgan fingerprint density at radius 2 is 2.53 bits per heavy atom. The minimum atomic E-state index is -0.789. The summed E-state index contributed by atoms with van der Waals surface area (Å²) < 4.78 is 5.28. The minimum Gasteiger partial charge on any atom is -0.481 e. The first-order valence-electron chi connectivity index (χ1n) is 5.04. The first-order valence-corrected chi connectivity index (χ1v) is 5.04. The van der Waals surface area contributed by atoms with Gasteiger partial charge in [0.25, 0.3) is 0 Å². The monoisotopic (exact) mass is 210 g/mol. The number of piperidine rings is 1. The lowest BCUT2D eigenvalue weighted by Crippen LogP contribution is -2.39. The number of carboxylic acids is 1. The van der Waals surface area contributed by atoms with Gasteiger partial charge in [0.1, 0.15) is 6.26 Å². The first-order chi connectivity index (χ1) is 7.18. The van der Waals surface area contributed by atoms with Gasteiger partial charge in [-0.15, -0.1) is 0 Å². The predicted octanol–water partition coefficient (Wildman–Crippen LogP) is 0.761. The molecule has 15 heavy (non-hydrogen) atoms. The van der Waals surface area contributed by atoms with Crippen LogP contribution in [0.1, 0.15) is 23.9 Å². The van der Waals surface area contributed by atoms with Crippen LogP contribution in [0.5, 0.6) is 0 Å². The van der Waals surface area contributed by atoms with Gasteiger partial charge in [-0.1, -0.05) is 0 Å². The van der Waals surface area contributed by atoms with Crippen LogP contribution in [0.25, 0.3) is 0 Å². The zero-order valence-electron chi connectivity index (χ0n) is 8.56. The van der Waals surface area contributed by atoms with Gasteiger partial charge in [0, 0.05) is 6.54 Å². The molecule has 1 aliphatic rings. The standard InChI is InChI=1S/C10H14N2O3/c1-6-5-15-9(12-6)7-2-3-11-4-8(7)10(13)14/h5,7-8,11H,2-4H2,1H3,(H,13,14). The Hall–Kier alpha value is -1.36. The molecule has 0 aromatic carbocycles. The third-order valence-electron chi connectivity index (χ3n) is 2.75. The van der Waals surface area contributed by atoms with Crippen molar-refractivity contribution in [3.05, 3.63) is 17.8 Å². The quantitative estimate of drug-likeness (QED) is 0.753. The Bertz CT molecular complexity index is 361. The highest BCUT2D eigenvalue weighted by molar-refractivity contribution is 5.71. The Labute approximate surface area is 87.5 Å². The molecule has 1 aromatic heterocycles. The highest BCUT2D eigenvalue weighted by atomic mass is 16.4. The molecular weight excluding hydrogens is 196 g/mol. The normalized spacial score (nSPS) is 26.5. The molecule has 2 unspecified atom stereocenters. The molecule has 0 saturated carbocycles. The Morgan fingerprint density at radius 1 is 1.73 bits per heavy atom. The number of aryl methyl sites for hydroxylation is 1. The largest absolute Gasteiger partial charge is 0.481 e. The van der Waals surface area contributed by atoms with Crippen molar-refractivity contribution in [3.63, 3.8) is 0 Å². The summed E-state index contributed by atoms with van der Waals surface area (Å²) in [6.07, 6.45) is 2.33. The van der Waals surface area contributed by atoms with E-state index in [1.807, 2.05) is 6.92 Å². The first kappa shape index (κ1) is 10.2. The molecule has 0 aliphatic carbocycles. The molecule has 0 radical (unpaired) electrons. The van der Waals surface area contributed by atoms with Crippen LogP contribution in [-0.4, -0.2) is 29.1 Å². The number of carboxylic acid groups (broad SMARTS) is 1. The smallest absolute Gasteiger partial charge is 0.308 e. The molecule has 2 rings (SSSR count). The number of aliphatic carboxylic acids is 1. The number of nitrogens with one attached hydrogen (secondary N) is 1. The second-order valence-corrected chi connectivity index (χ2v) is 3.87. The molecule has 1 saturated heterocycles. The molecule has 2 atom stereocenters. The van der Waals surface area contributed by atoms with E-state index in [1.165, 1.54) is 0 Å². The fraction of sp³-hybridized carbons (Fsp3) is 0.600. The van der Waals surface area contributed by atoms with Crippen molar-refractivity contribution in [3.8, 4) is 0 Å². The number of oxazole rings is 1. The highest BCUT2D eigenvalue weighted by Crippen LogP contribution is 2.29. The van der Waals surface area contributed by atoms with Crippen LogP contribution >= 0.6 is 0 Å². The number of hydrogen-bond donors (Lipinski definition) is 2. The third kappa shape index (κ3) is 2.02. The highest BCUT2D eigenvalue weighted by Gasteiger charge is 2.34. The molecule has 5 heteroatoms. The van der Waals surface area contributed by atoms with Crippen molar-refractivity contribution >= 4 is 5.97 Å². The van der Waals surface area contributed by atoms with E-state index in [4.69, 9.17) is 9.52 Å². The molecular formula is C10H14N2O3. The third-order valence-corrected chi connectivity index (χ3v) is 2.75. The molecule has 5 nitrogen and oxygen atoms in total. The van der Waals surface area contributed by atoms with E-state index < -0.39 is 11.9 Å². The van der Waals surface area contributed by atoms with Gasteiger partial charge in [0.15, 0.2) is 5.89 Å². The fourth-order valence-corrected chi connectivity index (χ4v) is 1.96. The fourth-order valence-electron chi connectivity index (χ4n) is 1.96. The van der Waals surface area contributed by atoms with Gasteiger partial charge in [-0.2, -0.15) is 0 Å². The molecule has 82 valence electrons. The SMILES string of the molecule is Cc1coc(C2CCNCC2C(=O)O)n1. The summed E-state index contributed by atoms with van der Waals surface area (Å²) in [5.41, 5.74) is 0.799. The molecule has 0 spiro atoms. The number of carbonyl (C=O) groups is 1. The van der Waals surface area contributed by atoms with E-state index in [0.29, 0.717) is 12.4 Å².